The summed E-state index contributed by atoms with van der Waals surface area (Å²) in [5.41, 5.74) is 9.83. The molecule has 0 saturated carbocycles. The van der Waals surface area contributed by atoms with Gasteiger partial charge in [0.2, 0.25) is 0 Å². The van der Waals surface area contributed by atoms with E-state index in [1.165, 1.54) is 12.8 Å². The number of H-pyrrole nitrogens is 1. The first-order valence-corrected chi connectivity index (χ1v) is 12.6. The van der Waals surface area contributed by atoms with Gasteiger partial charge in [-0.1, -0.05) is 37.6 Å². The molecule has 0 spiro atoms. The number of hydrogen-bond acceptors (Lipinski definition) is 8. The number of aromatic amines is 1. The van der Waals surface area contributed by atoms with Crippen LogP contribution < -0.4 is 16.2 Å². The van der Waals surface area contributed by atoms with Gasteiger partial charge in [0, 0.05) is 17.5 Å². The second-order valence-corrected chi connectivity index (χ2v) is 9.49. The van der Waals surface area contributed by atoms with E-state index in [1.54, 1.807) is 15.9 Å². The monoisotopic (exact) mass is 479 g/mol. The van der Waals surface area contributed by atoms with Crippen LogP contribution in [0.4, 0.5) is 5.82 Å². The van der Waals surface area contributed by atoms with Crippen LogP contribution in [0.1, 0.15) is 43.9 Å². The highest BCUT2D eigenvalue weighted by Crippen LogP contribution is 2.26. The number of aromatic nitrogens is 5. The van der Waals surface area contributed by atoms with E-state index in [9.17, 15) is 4.79 Å². The number of fused-ring (bicyclic) bond motifs is 1. The van der Waals surface area contributed by atoms with Gasteiger partial charge in [0.15, 0.2) is 11.5 Å². The van der Waals surface area contributed by atoms with Gasteiger partial charge in [-0.25, -0.2) is 9.78 Å². The molecule has 3 aromatic heterocycles. The summed E-state index contributed by atoms with van der Waals surface area (Å²) < 4.78 is 7.18. The van der Waals surface area contributed by atoms with Gasteiger partial charge < -0.3 is 15.5 Å². The highest BCUT2D eigenvalue weighted by molar-refractivity contribution is 7.13. The number of nitrogens with two attached hydrogens (primary N) is 1. The van der Waals surface area contributed by atoms with E-state index in [-0.39, 0.29) is 17.5 Å². The molecule has 1 saturated heterocycles. The lowest BCUT2D eigenvalue weighted by molar-refractivity contribution is 0.286. The molecule has 0 unspecified atom stereocenters. The average molecular weight is 480 g/mol. The Bertz CT molecular complexity index is 1320. The average Bonchev–Trinajstić information content (AvgIpc) is 3.58. The number of likely N-dealkylation sites (tertiary alicyclic amines) is 1. The lowest BCUT2D eigenvalue weighted by Gasteiger charge is -2.11. The third-order valence-corrected chi connectivity index (χ3v) is 6.98. The molecule has 1 aliphatic heterocycles. The Balaban J connectivity index is 1.33. The van der Waals surface area contributed by atoms with Crippen molar-refractivity contribution in [3.63, 3.8) is 0 Å². The first-order chi connectivity index (χ1) is 16.6. The molecule has 1 aromatic carbocycles. The van der Waals surface area contributed by atoms with E-state index in [1.807, 2.05) is 12.1 Å². The lowest BCUT2D eigenvalue weighted by atomic mass is 10.1. The summed E-state index contributed by atoms with van der Waals surface area (Å²) >= 11 is 1.67. The largest absolute Gasteiger partial charge is 0.463 e. The summed E-state index contributed by atoms with van der Waals surface area (Å²) in [4.78, 5) is 31.3. The summed E-state index contributed by atoms with van der Waals surface area (Å²) in [6.45, 7) is 6.21. The van der Waals surface area contributed by atoms with Crippen LogP contribution in [0.2, 0.25) is 0 Å². The Labute approximate surface area is 201 Å². The molecule has 0 radical (unpaired) electrons. The predicted octanol–water partition coefficient (Wildman–Crippen LogP) is 3.65. The number of rotatable bonds is 9. The van der Waals surface area contributed by atoms with Crippen LogP contribution in [0.5, 0.6) is 6.01 Å². The minimum absolute atomic E-state index is 0.190. The van der Waals surface area contributed by atoms with Crippen molar-refractivity contribution in [2.24, 2.45) is 0 Å². The number of nitrogen functional groups attached to an aromatic ring is 1. The van der Waals surface area contributed by atoms with E-state index in [0.29, 0.717) is 24.3 Å². The molecule has 4 heterocycles. The van der Waals surface area contributed by atoms with Crippen LogP contribution >= 0.6 is 11.3 Å². The molecule has 0 aliphatic carbocycles. The smallest absolute Gasteiger partial charge is 0.328 e. The van der Waals surface area contributed by atoms with Crippen molar-refractivity contribution in [1.82, 2.24) is 29.4 Å². The van der Waals surface area contributed by atoms with Crippen LogP contribution in [0, 0.1) is 0 Å². The Hall–Kier alpha value is -3.24. The molecule has 0 bridgehead atoms. The standard InChI is InChI=1S/C24H29N7O2S/c1-2-3-12-33-23-28-20(25)19-21(29-23)31(24(32)27-19)13-16-6-8-17(9-7-16)22-26-18(15-34-22)14-30-10-4-5-11-30/h6-9,15H,2-5,10-14H2,1H3,(H,27,32)(H2,25,28,29). The molecule has 0 amide bonds. The van der Waals surface area contributed by atoms with Crippen LogP contribution in [-0.4, -0.2) is 49.1 Å². The van der Waals surface area contributed by atoms with Gasteiger partial charge in [-0.3, -0.25) is 9.47 Å². The maximum Gasteiger partial charge on any atom is 0.328 e. The number of benzene rings is 1. The molecule has 0 atom stereocenters. The molecule has 34 heavy (non-hydrogen) atoms. The maximum absolute atomic E-state index is 12.6. The zero-order valence-corrected chi connectivity index (χ0v) is 20.1. The van der Waals surface area contributed by atoms with Crippen LogP contribution in [0.15, 0.2) is 34.4 Å². The van der Waals surface area contributed by atoms with Crippen molar-refractivity contribution in [2.45, 2.75) is 45.7 Å². The maximum atomic E-state index is 12.6. The highest BCUT2D eigenvalue weighted by atomic mass is 32.1. The molecule has 10 heteroatoms. The Morgan fingerprint density at radius 3 is 2.68 bits per heavy atom. The number of imidazole rings is 1. The predicted molar refractivity (Wildman–Crippen MR) is 134 cm³/mol. The molecule has 178 valence electrons. The molecular weight excluding hydrogens is 450 g/mol. The third kappa shape index (κ3) is 4.83. The summed E-state index contributed by atoms with van der Waals surface area (Å²) in [5, 5.41) is 3.16. The van der Waals surface area contributed by atoms with E-state index >= 15 is 0 Å². The molecule has 9 nitrogen and oxygen atoms in total. The van der Waals surface area contributed by atoms with Crippen molar-refractivity contribution in [3.05, 3.63) is 51.4 Å². The van der Waals surface area contributed by atoms with Crippen LogP contribution in [0.3, 0.4) is 0 Å². The zero-order valence-electron chi connectivity index (χ0n) is 19.3. The molecule has 4 aromatic rings. The van der Waals surface area contributed by atoms with Crippen LogP contribution in [0.25, 0.3) is 21.7 Å². The number of hydrogen-bond donors (Lipinski definition) is 2. The normalized spacial score (nSPS) is 14.3. The van der Waals surface area contributed by atoms with E-state index in [0.717, 1.165) is 54.3 Å². The minimum atomic E-state index is -0.280. The van der Waals surface area contributed by atoms with Gasteiger partial charge in [-0.15, -0.1) is 11.3 Å². The van der Waals surface area contributed by atoms with Crippen molar-refractivity contribution < 1.29 is 4.74 Å². The highest BCUT2D eigenvalue weighted by Gasteiger charge is 2.16. The molecule has 1 aliphatic rings. The Morgan fingerprint density at radius 2 is 1.91 bits per heavy atom. The molecular formula is C24H29N7O2S. The van der Waals surface area contributed by atoms with Crippen molar-refractivity contribution in [1.29, 1.82) is 0 Å². The summed E-state index contributed by atoms with van der Waals surface area (Å²) in [6, 6.07) is 8.33. The summed E-state index contributed by atoms with van der Waals surface area (Å²) in [7, 11) is 0. The van der Waals surface area contributed by atoms with Gasteiger partial charge in [-0.05, 0) is 37.9 Å². The van der Waals surface area contributed by atoms with Crippen molar-refractivity contribution in [3.8, 4) is 16.6 Å². The number of ether oxygens (including phenoxy) is 1. The SMILES string of the molecule is CCCCOc1nc(N)c2[nH]c(=O)n(Cc3ccc(-c4nc(CN5CCCC5)cs4)cc3)c2n1. The quantitative estimate of drug-likeness (QED) is 0.352. The number of anilines is 1. The number of thiazole rings is 1. The first kappa shape index (κ1) is 22.5. The first-order valence-electron chi connectivity index (χ1n) is 11.8. The fourth-order valence-electron chi connectivity index (χ4n) is 4.17. The summed E-state index contributed by atoms with van der Waals surface area (Å²) in [5.74, 6) is 0.205. The summed E-state index contributed by atoms with van der Waals surface area (Å²) in [6.07, 6.45) is 4.46. The Morgan fingerprint density at radius 1 is 1.12 bits per heavy atom. The molecule has 1 fully saturated rings. The molecule has 5 rings (SSSR count). The van der Waals surface area contributed by atoms with Gasteiger partial charge in [0.25, 0.3) is 0 Å². The number of nitrogens with one attached hydrogen (secondary N) is 1. The zero-order chi connectivity index (χ0) is 23.5. The van der Waals surface area contributed by atoms with Crippen molar-refractivity contribution in [2.75, 3.05) is 25.4 Å². The topological polar surface area (TPSA) is 115 Å². The Kier molecular flexibility index (Phi) is 6.59. The van der Waals surface area contributed by atoms with E-state index in [2.05, 4.69) is 44.3 Å². The van der Waals surface area contributed by atoms with Gasteiger partial charge in [0.1, 0.15) is 10.5 Å². The van der Waals surface area contributed by atoms with E-state index in [4.69, 9.17) is 15.5 Å². The minimum Gasteiger partial charge on any atom is -0.463 e. The lowest BCUT2D eigenvalue weighted by Crippen LogP contribution is -2.18. The van der Waals surface area contributed by atoms with Crippen LogP contribution in [-0.2, 0) is 13.1 Å². The van der Waals surface area contributed by atoms with Gasteiger partial charge in [0.05, 0.1) is 18.8 Å². The van der Waals surface area contributed by atoms with E-state index < -0.39 is 0 Å². The number of unbranched alkanes of at least 4 members (excludes halogenated alkanes) is 1. The fraction of sp³-hybridized carbons (Fsp3) is 0.417. The molecule has 3 N–H and O–H groups in total. The second-order valence-electron chi connectivity index (χ2n) is 8.63. The second kappa shape index (κ2) is 9.94. The van der Waals surface area contributed by atoms with Gasteiger partial charge in [-0.2, -0.15) is 9.97 Å². The third-order valence-electron chi connectivity index (χ3n) is 6.04. The van der Waals surface area contributed by atoms with Gasteiger partial charge >= 0.3 is 11.7 Å². The number of nitrogens with zero attached hydrogens (tertiary/aromatic N) is 5. The fourth-order valence-corrected chi connectivity index (χ4v) is 4.98. The van der Waals surface area contributed by atoms with Crippen molar-refractivity contribution >= 4 is 28.3 Å².